The molecule has 12 heteroatoms. The molecule has 4 atom stereocenters. The van der Waals surface area contributed by atoms with Gasteiger partial charge in [-0.15, -0.1) is 0 Å². The van der Waals surface area contributed by atoms with E-state index in [9.17, 15) is 31.9 Å². The number of hydrazone groups is 1. The van der Waals surface area contributed by atoms with E-state index in [-0.39, 0.29) is 24.3 Å². The van der Waals surface area contributed by atoms with Crippen molar-refractivity contribution >= 4 is 23.1 Å². The number of alkyl halides is 4. The van der Waals surface area contributed by atoms with Crippen LogP contribution in [0.1, 0.15) is 19.8 Å². The van der Waals surface area contributed by atoms with Crippen LogP contribution < -0.4 is 19.4 Å². The SMILES string of the molecule is COc1ccc(F)c(N2CC[C@@H](Oc3ccc(N4N=C(C(F)(F)F)[C@@H](C)[C@@H]4CC(=O)O)cc3)[C@H](F)C2)c1. The number of anilines is 2. The lowest BCUT2D eigenvalue weighted by Gasteiger charge is -2.36. The fourth-order valence-corrected chi connectivity index (χ4v) is 4.63. The molecule has 7 nitrogen and oxygen atoms in total. The summed E-state index contributed by atoms with van der Waals surface area (Å²) in [7, 11) is 1.46. The number of ether oxygens (including phenoxy) is 2. The molecule has 1 fully saturated rings. The number of benzene rings is 2. The zero-order chi connectivity index (χ0) is 26.9. The minimum atomic E-state index is -4.69. The van der Waals surface area contributed by atoms with Gasteiger partial charge in [0.2, 0.25) is 0 Å². The van der Waals surface area contributed by atoms with Crippen molar-refractivity contribution in [2.45, 2.75) is 44.3 Å². The number of hydrogen-bond acceptors (Lipinski definition) is 6. The van der Waals surface area contributed by atoms with Gasteiger partial charge in [0, 0.05) is 24.9 Å². The molecular weight excluding hydrogens is 501 g/mol. The molecule has 2 aliphatic rings. The average Bonchev–Trinajstić information content (AvgIpc) is 3.17. The Hall–Kier alpha value is -3.57. The molecule has 0 bridgehead atoms. The molecule has 0 radical (unpaired) electrons. The highest BCUT2D eigenvalue weighted by molar-refractivity contribution is 5.95. The summed E-state index contributed by atoms with van der Waals surface area (Å²) in [6.45, 7) is 1.54. The number of aliphatic carboxylic acids is 1. The Kier molecular flexibility index (Phi) is 7.47. The second kappa shape index (κ2) is 10.4. The third-order valence-corrected chi connectivity index (χ3v) is 6.58. The molecule has 0 aliphatic carbocycles. The van der Waals surface area contributed by atoms with Crippen molar-refractivity contribution in [3.63, 3.8) is 0 Å². The van der Waals surface area contributed by atoms with Crippen LogP contribution in [0.5, 0.6) is 11.5 Å². The third kappa shape index (κ3) is 5.72. The highest BCUT2D eigenvalue weighted by atomic mass is 19.4. The Bertz CT molecular complexity index is 1160. The maximum atomic E-state index is 15.0. The molecule has 0 saturated carbocycles. The molecule has 0 amide bonds. The van der Waals surface area contributed by atoms with Gasteiger partial charge in [0.15, 0.2) is 6.17 Å². The Morgan fingerprint density at radius 1 is 1.16 bits per heavy atom. The van der Waals surface area contributed by atoms with E-state index in [2.05, 4.69) is 5.10 Å². The van der Waals surface area contributed by atoms with Gasteiger partial charge in [-0.05, 0) is 36.4 Å². The number of carbonyl (C=O) groups is 1. The summed E-state index contributed by atoms with van der Waals surface area (Å²) in [5.74, 6) is -2.13. The molecule has 37 heavy (non-hydrogen) atoms. The van der Waals surface area contributed by atoms with E-state index in [1.54, 1.807) is 4.90 Å². The number of carboxylic acid groups (broad SMARTS) is 1. The molecule has 2 aromatic rings. The Morgan fingerprint density at radius 3 is 2.43 bits per heavy atom. The molecule has 0 aromatic heterocycles. The van der Waals surface area contributed by atoms with Gasteiger partial charge in [0.05, 0.1) is 37.5 Å². The molecule has 1 saturated heterocycles. The predicted molar refractivity (Wildman–Crippen MR) is 127 cm³/mol. The molecule has 0 spiro atoms. The molecule has 1 N–H and O–H groups in total. The van der Waals surface area contributed by atoms with Crippen LogP contribution in [-0.4, -0.2) is 61.5 Å². The summed E-state index contributed by atoms with van der Waals surface area (Å²) in [4.78, 5) is 12.8. The van der Waals surface area contributed by atoms with Crippen molar-refractivity contribution in [1.82, 2.24) is 0 Å². The Morgan fingerprint density at radius 2 is 1.84 bits per heavy atom. The van der Waals surface area contributed by atoms with Gasteiger partial charge in [-0.2, -0.15) is 18.3 Å². The number of halogens is 5. The first-order chi connectivity index (χ1) is 17.5. The van der Waals surface area contributed by atoms with Crippen molar-refractivity contribution in [2.24, 2.45) is 11.0 Å². The quantitative estimate of drug-likeness (QED) is 0.509. The molecule has 2 heterocycles. The second-order valence-corrected chi connectivity index (χ2v) is 9.00. The van der Waals surface area contributed by atoms with Gasteiger partial charge in [-0.3, -0.25) is 9.80 Å². The van der Waals surface area contributed by atoms with Crippen LogP contribution in [0, 0.1) is 11.7 Å². The molecule has 0 unspecified atom stereocenters. The molecule has 2 aliphatic heterocycles. The first-order valence-corrected chi connectivity index (χ1v) is 11.6. The molecule has 2 aromatic carbocycles. The van der Waals surface area contributed by atoms with E-state index in [1.807, 2.05) is 0 Å². The zero-order valence-electron chi connectivity index (χ0n) is 20.1. The van der Waals surface area contributed by atoms with Gasteiger partial charge < -0.3 is 19.5 Å². The minimum Gasteiger partial charge on any atom is -0.497 e. The van der Waals surface area contributed by atoms with Crippen LogP contribution >= 0.6 is 0 Å². The fourth-order valence-electron chi connectivity index (χ4n) is 4.63. The Labute approximate surface area is 210 Å². The number of hydrogen-bond donors (Lipinski definition) is 1. The van der Waals surface area contributed by atoms with Gasteiger partial charge in [0.1, 0.15) is 29.1 Å². The normalized spacial score (nSPS) is 24.1. The summed E-state index contributed by atoms with van der Waals surface area (Å²) in [6.07, 6.45) is -7.19. The summed E-state index contributed by atoms with van der Waals surface area (Å²) in [5, 5.41) is 13.9. The highest BCUT2D eigenvalue weighted by Crippen LogP contribution is 2.37. The van der Waals surface area contributed by atoms with Gasteiger partial charge in [-0.25, -0.2) is 8.78 Å². The van der Waals surface area contributed by atoms with E-state index < -0.39 is 54.3 Å². The maximum absolute atomic E-state index is 15.0. The van der Waals surface area contributed by atoms with Gasteiger partial charge >= 0.3 is 12.1 Å². The van der Waals surface area contributed by atoms with Crippen molar-refractivity contribution < 1.29 is 41.3 Å². The van der Waals surface area contributed by atoms with E-state index >= 15 is 0 Å². The minimum absolute atomic E-state index is 0.0930. The summed E-state index contributed by atoms with van der Waals surface area (Å²) in [6, 6.07) is 9.08. The monoisotopic (exact) mass is 527 g/mol. The number of piperidine rings is 1. The number of carboxylic acids is 1. The molecule has 200 valence electrons. The van der Waals surface area contributed by atoms with Crippen molar-refractivity contribution in [3.8, 4) is 11.5 Å². The van der Waals surface area contributed by atoms with Crippen LogP contribution in [-0.2, 0) is 4.79 Å². The second-order valence-electron chi connectivity index (χ2n) is 9.00. The smallest absolute Gasteiger partial charge is 0.431 e. The topological polar surface area (TPSA) is 74.6 Å². The van der Waals surface area contributed by atoms with E-state index in [1.165, 1.54) is 56.5 Å². The van der Waals surface area contributed by atoms with Gasteiger partial charge in [-0.1, -0.05) is 6.92 Å². The third-order valence-electron chi connectivity index (χ3n) is 6.58. The van der Waals surface area contributed by atoms with E-state index in [0.29, 0.717) is 18.0 Å². The lowest BCUT2D eigenvalue weighted by molar-refractivity contribution is -0.137. The average molecular weight is 527 g/mol. The number of nitrogens with zero attached hydrogens (tertiary/aromatic N) is 3. The predicted octanol–water partition coefficient (Wildman–Crippen LogP) is 5.05. The molecule has 4 rings (SSSR count). The summed E-state index contributed by atoms with van der Waals surface area (Å²) in [5.41, 5.74) is -0.553. The highest BCUT2D eigenvalue weighted by Gasteiger charge is 2.48. The number of methoxy groups -OCH3 is 1. The van der Waals surface area contributed by atoms with Crippen LogP contribution in [0.4, 0.5) is 33.3 Å². The van der Waals surface area contributed by atoms with Crippen molar-refractivity contribution in [2.75, 3.05) is 30.1 Å². The summed E-state index contributed by atoms with van der Waals surface area (Å²) < 4.78 is 80.3. The largest absolute Gasteiger partial charge is 0.497 e. The first kappa shape index (κ1) is 26.5. The fraction of sp³-hybridized carbons (Fsp3) is 0.440. The summed E-state index contributed by atoms with van der Waals surface area (Å²) >= 11 is 0. The van der Waals surface area contributed by atoms with Crippen LogP contribution in [0.15, 0.2) is 47.6 Å². The zero-order valence-corrected chi connectivity index (χ0v) is 20.1. The van der Waals surface area contributed by atoms with Crippen molar-refractivity contribution in [1.29, 1.82) is 0 Å². The lowest BCUT2D eigenvalue weighted by atomic mass is 9.94. The van der Waals surface area contributed by atoms with E-state index in [0.717, 1.165) is 5.01 Å². The van der Waals surface area contributed by atoms with Crippen LogP contribution in [0.3, 0.4) is 0 Å². The Balaban J connectivity index is 1.44. The van der Waals surface area contributed by atoms with E-state index in [4.69, 9.17) is 9.47 Å². The van der Waals surface area contributed by atoms with Crippen LogP contribution in [0.2, 0.25) is 0 Å². The number of rotatable bonds is 7. The van der Waals surface area contributed by atoms with Crippen LogP contribution in [0.25, 0.3) is 0 Å². The van der Waals surface area contributed by atoms with Crippen molar-refractivity contribution in [3.05, 3.63) is 48.3 Å². The first-order valence-electron chi connectivity index (χ1n) is 11.6. The maximum Gasteiger partial charge on any atom is 0.431 e. The lowest BCUT2D eigenvalue weighted by Crippen LogP contribution is -2.47. The van der Waals surface area contributed by atoms with Gasteiger partial charge in [0.25, 0.3) is 0 Å². The standard InChI is InChI=1S/C25H26F5N3O4/c1-14-20(12-23(34)35)33(31-24(14)25(28,29)30)15-3-5-16(6-4-15)37-22-9-10-32(13-19(22)27)21-11-17(36-2)7-8-18(21)26/h3-8,11,14,19-20,22H,9-10,12-13H2,1-2H3,(H,34,35)/t14-,19+,20-,22+/m0/s1. The molecular formula is C25H26F5N3O4.